The fraction of sp³-hybridized carbons (Fsp3) is 0.545. The number of nitrogens with zero attached hydrogens (tertiary/aromatic N) is 2. The van der Waals surface area contributed by atoms with E-state index in [0.717, 1.165) is 31.7 Å². The number of pyridine rings is 1. The minimum absolute atomic E-state index is 0.420. The summed E-state index contributed by atoms with van der Waals surface area (Å²) in [5, 5.41) is 13.3. The smallest absolute Gasteiger partial charge is 0.0931 e. The van der Waals surface area contributed by atoms with Crippen molar-refractivity contribution >= 4 is 0 Å². The average Bonchev–Trinajstić information content (AvgIpc) is 2.31. The van der Waals surface area contributed by atoms with Gasteiger partial charge in [0.15, 0.2) is 0 Å². The van der Waals surface area contributed by atoms with Gasteiger partial charge in [0.2, 0.25) is 0 Å². The van der Waals surface area contributed by atoms with Crippen LogP contribution in [0.1, 0.15) is 11.7 Å². The van der Waals surface area contributed by atoms with E-state index in [2.05, 4.69) is 15.2 Å². The Balaban J connectivity index is 1.88. The Kier molecular flexibility index (Phi) is 3.66. The second kappa shape index (κ2) is 5.21. The van der Waals surface area contributed by atoms with E-state index in [4.69, 9.17) is 0 Å². The lowest BCUT2D eigenvalue weighted by Gasteiger charge is -2.29. The Labute approximate surface area is 89.9 Å². The predicted molar refractivity (Wildman–Crippen MR) is 58.5 cm³/mol. The van der Waals surface area contributed by atoms with Gasteiger partial charge >= 0.3 is 0 Å². The minimum atomic E-state index is -0.420. The van der Waals surface area contributed by atoms with Gasteiger partial charge in [-0.15, -0.1) is 0 Å². The molecule has 1 fully saturated rings. The molecule has 1 aliphatic rings. The van der Waals surface area contributed by atoms with Crippen molar-refractivity contribution < 1.29 is 5.11 Å². The van der Waals surface area contributed by atoms with Crippen molar-refractivity contribution in [2.75, 3.05) is 32.7 Å². The molecule has 0 aromatic carbocycles. The van der Waals surface area contributed by atoms with Crippen LogP contribution in [0.3, 0.4) is 0 Å². The zero-order chi connectivity index (χ0) is 10.5. The third kappa shape index (κ3) is 2.99. The maximum atomic E-state index is 9.97. The molecule has 1 aromatic rings. The molecule has 0 radical (unpaired) electrons. The summed E-state index contributed by atoms with van der Waals surface area (Å²) in [5.74, 6) is 0. The van der Waals surface area contributed by atoms with Crippen LogP contribution in [0.2, 0.25) is 0 Å². The van der Waals surface area contributed by atoms with Crippen molar-refractivity contribution in [3.63, 3.8) is 0 Å². The molecule has 2 rings (SSSR count). The van der Waals surface area contributed by atoms with Gasteiger partial charge in [-0.05, 0) is 6.07 Å². The van der Waals surface area contributed by atoms with E-state index < -0.39 is 6.10 Å². The summed E-state index contributed by atoms with van der Waals surface area (Å²) in [7, 11) is 0. The molecule has 0 saturated carbocycles. The zero-order valence-electron chi connectivity index (χ0n) is 8.76. The molecule has 4 heteroatoms. The third-order valence-electron chi connectivity index (χ3n) is 2.71. The van der Waals surface area contributed by atoms with Gasteiger partial charge in [-0.25, -0.2) is 0 Å². The largest absolute Gasteiger partial charge is 0.387 e. The Bertz CT molecular complexity index is 285. The molecule has 2 heterocycles. The summed E-state index contributed by atoms with van der Waals surface area (Å²) < 4.78 is 0. The van der Waals surface area contributed by atoms with Crippen LogP contribution in [0.25, 0.3) is 0 Å². The van der Waals surface area contributed by atoms with Crippen LogP contribution in [-0.4, -0.2) is 47.7 Å². The Morgan fingerprint density at radius 2 is 2.27 bits per heavy atom. The number of hydrogen-bond acceptors (Lipinski definition) is 4. The van der Waals surface area contributed by atoms with Crippen molar-refractivity contribution in [1.29, 1.82) is 0 Å². The Hall–Kier alpha value is -0.970. The van der Waals surface area contributed by atoms with Crippen LogP contribution in [0.15, 0.2) is 24.5 Å². The predicted octanol–water partition coefficient (Wildman–Crippen LogP) is 0.0202. The summed E-state index contributed by atoms with van der Waals surface area (Å²) in [6.07, 6.45) is 3.03. The second-order valence-electron chi connectivity index (χ2n) is 3.85. The molecule has 1 unspecified atom stereocenters. The number of aromatic nitrogens is 1. The summed E-state index contributed by atoms with van der Waals surface area (Å²) in [6, 6.07) is 3.77. The van der Waals surface area contributed by atoms with E-state index in [1.165, 1.54) is 0 Å². The normalized spacial score (nSPS) is 20.1. The van der Waals surface area contributed by atoms with Crippen LogP contribution in [0, 0.1) is 0 Å². The van der Waals surface area contributed by atoms with Crippen LogP contribution >= 0.6 is 0 Å². The van der Waals surface area contributed by atoms with Crippen LogP contribution in [0.4, 0.5) is 0 Å². The number of nitrogens with one attached hydrogen (secondary N) is 1. The maximum absolute atomic E-state index is 9.97. The Morgan fingerprint density at radius 3 is 2.93 bits per heavy atom. The Morgan fingerprint density at radius 1 is 1.47 bits per heavy atom. The monoisotopic (exact) mass is 207 g/mol. The van der Waals surface area contributed by atoms with Crippen molar-refractivity contribution in [1.82, 2.24) is 15.2 Å². The average molecular weight is 207 g/mol. The quantitative estimate of drug-likeness (QED) is 0.733. The molecule has 15 heavy (non-hydrogen) atoms. The highest BCUT2D eigenvalue weighted by atomic mass is 16.3. The lowest BCUT2D eigenvalue weighted by molar-refractivity contribution is 0.105. The summed E-state index contributed by atoms with van der Waals surface area (Å²) in [6.45, 7) is 4.75. The van der Waals surface area contributed by atoms with Gasteiger partial charge < -0.3 is 10.4 Å². The number of aliphatic hydroxyl groups excluding tert-OH is 1. The maximum Gasteiger partial charge on any atom is 0.0931 e. The SMILES string of the molecule is OC(CN1CCNCC1)c1cccnc1. The van der Waals surface area contributed by atoms with E-state index in [1.807, 2.05) is 12.1 Å². The van der Waals surface area contributed by atoms with E-state index in [0.29, 0.717) is 6.54 Å². The fourth-order valence-corrected chi connectivity index (χ4v) is 1.82. The topological polar surface area (TPSA) is 48.4 Å². The van der Waals surface area contributed by atoms with Gasteiger partial charge in [-0.3, -0.25) is 9.88 Å². The molecule has 0 bridgehead atoms. The molecule has 1 atom stereocenters. The van der Waals surface area contributed by atoms with E-state index >= 15 is 0 Å². The first-order valence-electron chi connectivity index (χ1n) is 5.37. The van der Waals surface area contributed by atoms with E-state index in [9.17, 15) is 5.11 Å². The lowest BCUT2D eigenvalue weighted by atomic mass is 10.1. The first kappa shape index (κ1) is 10.5. The summed E-state index contributed by atoms with van der Waals surface area (Å²) in [5.41, 5.74) is 0.899. The molecule has 1 aliphatic heterocycles. The van der Waals surface area contributed by atoms with Crippen molar-refractivity contribution in [3.05, 3.63) is 30.1 Å². The van der Waals surface area contributed by atoms with Gasteiger partial charge in [0.1, 0.15) is 0 Å². The third-order valence-corrected chi connectivity index (χ3v) is 2.71. The highest BCUT2D eigenvalue weighted by Gasteiger charge is 2.15. The van der Waals surface area contributed by atoms with E-state index in [-0.39, 0.29) is 0 Å². The molecule has 2 N–H and O–H groups in total. The van der Waals surface area contributed by atoms with E-state index in [1.54, 1.807) is 12.4 Å². The molecular formula is C11H17N3O. The number of rotatable bonds is 3. The minimum Gasteiger partial charge on any atom is -0.387 e. The standard InChI is InChI=1S/C11H17N3O/c15-11(10-2-1-3-13-8-10)9-14-6-4-12-5-7-14/h1-3,8,11-12,15H,4-7,9H2. The molecule has 0 spiro atoms. The molecule has 0 aliphatic carbocycles. The van der Waals surface area contributed by atoms with Gasteiger partial charge in [-0.2, -0.15) is 0 Å². The first-order chi connectivity index (χ1) is 7.36. The number of piperazine rings is 1. The van der Waals surface area contributed by atoms with Crippen molar-refractivity contribution in [2.24, 2.45) is 0 Å². The van der Waals surface area contributed by atoms with Crippen LogP contribution in [-0.2, 0) is 0 Å². The molecule has 1 saturated heterocycles. The molecular weight excluding hydrogens is 190 g/mol. The van der Waals surface area contributed by atoms with Crippen molar-refractivity contribution in [2.45, 2.75) is 6.10 Å². The molecule has 82 valence electrons. The number of β-amino-alcohol motifs (C(OH)–C–C–N with tert-alkyl or cyclic N) is 1. The highest BCUT2D eigenvalue weighted by Crippen LogP contribution is 2.12. The van der Waals surface area contributed by atoms with Gasteiger partial charge in [0, 0.05) is 50.7 Å². The summed E-state index contributed by atoms with van der Waals surface area (Å²) in [4.78, 5) is 6.28. The van der Waals surface area contributed by atoms with Gasteiger partial charge in [-0.1, -0.05) is 6.07 Å². The number of hydrogen-bond donors (Lipinski definition) is 2. The van der Waals surface area contributed by atoms with Gasteiger partial charge in [0.05, 0.1) is 6.10 Å². The number of aliphatic hydroxyl groups is 1. The first-order valence-corrected chi connectivity index (χ1v) is 5.37. The highest BCUT2D eigenvalue weighted by molar-refractivity contribution is 5.12. The molecule has 4 nitrogen and oxygen atoms in total. The van der Waals surface area contributed by atoms with Crippen LogP contribution in [0.5, 0.6) is 0 Å². The molecule has 0 amide bonds. The van der Waals surface area contributed by atoms with Crippen molar-refractivity contribution in [3.8, 4) is 0 Å². The fourth-order valence-electron chi connectivity index (χ4n) is 1.82. The van der Waals surface area contributed by atoms with Gasteiger partial charge in [0.25, 0.3) is 0 Å². The summed E-state index contributed by atoms with van der Waals surface area (Å²) >= 11 is 0. The van der Waals surface area contributed by atoms with Crippen LogP contribution < -0.4 is 5.32 Å². The lowest BCUT2D eigenvalue weighted by Crippen LogP contribution is -2.44. The zero-order valence-corrected chi connectivity index (χ0v) is 8.76. The molecule has 1 aromatic heterocycles. The second-order valence-corrected chi connectivity index (χ2v) is 3.85.